The number of amides is 2. The number of anilines is 1. The van der Waals surface area contributed by atoms with Gasteiger partial charge in [0.15, 0.2) is 0 Å². The van der Waals surface area contributed by atoms with Gasteiger partial charge >= 0.3 is 0 Å². The third-order valence-electron chi connectivity index (χ3n) is 6.41. The highest BCUT2D eigenvalue weighted by Gasteiger charge is 2.47. The summed E-state index contributed by atoms with van der Waals surface area (Å²) in [6, 6.07) is 13.1. The van der Waals surface area contributed by atoms with E-state index in [-0.39, 0.29) is 24.4 Å². The zero-order chi connectivity index (χ0) is 21.0. The number of aromatic amines is 1. The molecule has 2 aliphatic heterocycles. The number of rotatable bonds is 3. The number of aromatic nitrogens is 1. The number of carbonyl (C=O) groups is 2. The Morgan fingerprint density at radius 3 is 2.60 bits per heavy atom. The Balaban J connectivity index is 1.60. The lowest BCUT2D eigenvalue weighted by molar-refractivity contribution is -0.147. The van der Waals surface area contributed by atoms with Crippen LogP contribution in [0.2, 0.25) is 0 Å². The van der Waals surface area contributed by atoms with Gasteiger partial charge in [-0.2, -0.15) is 0 Å². The summed E-state index contributed by atoms with van der Waals surface area (Å²) in [7, 11) is 1.65. The Kier molecular flexibility index (Phi) is 4.31. The van der Waals surface area contributed by atoms with Gasteiger partial charge in [0.25, 0.3) is 5.91 Å². The molecule has 0 aliphatic carbocycles. The second-order valence-corrected chi connectivity index (χ2v) is 8.13. The van der Waals surface area contributed by atoms with Crippen LogP contribution in [0.15, 0.2) is 42.5 Å². The van der Waals surface area contributed by atoms with Crippen molar-refractivity contribution in [3.05, 3.63) is 59.3 Å². The summed E-state index contributed by atoms with van der Waals surface area (Å²) in [4.78, 5) is 33.7. The first kappa shape index (κ1) is 18.7. The standard InChI is InChI=1S/C24H25N3O3/c1-4-20-23-18(17-11-16(30-3)9-10-19(17)25-23)12-21-24(29)26(13-22(28)27(20)21)15-7-5-14(2)6-8-15/h5-11,20-21,25H,4,12-13H2,1-3H3. The molecule has 1 N–H and O–H groups in total. The van der Waals surface area contributed by atoms with Crippen molar-refractivity contribution in [1.82, 2.24) is 9.88 Å². The molecule has 0 radical (unpaired) electrons. The molecule has 1 saturated heterocycles. The second-order valence-electron chi connectivity index (χ2n) is 8.13. The van der Waals surface area contributed by atoms with Gasteiger partial charge in [-0.25, -0.2) is 0 Å². The molecule has 2 aliphatic rings. The Bertz CT molecular complexity index is 1150. The van der Waals surface area contributed by atoms with Gasteiger partial charge in [0, 0.05) is 28.7 Å². The number of hydrogen-bond donors (Lipinski definition) is 1. The Hall–Kier alpha value is -3.28. The molecule has 0 bridgehead atoms. The number of nitrogens with zero attached hydrogens (tertiary/aromatic N) is 2. The van der Waals surface area contributed by atoms with Gasteiger partial charge in [0.2, 0.25) is 5.91 Å². The molecule has 1 aromatic heterocycles. The van der Waals surface area contributed by atoms with E-state index in [1.807, 2.05) is 54.3 Å². The fraction of sp³-hybridized carbons (Fsp3) is 0.333. The molecule has 6 heteroatoms. The van der Waals surface area contributed by atoms with Crippen molar-refractivity contribution in [2.75, 3.05) is 18.6 Å². The Labute approximate surface area is 175 Å². The molecule has 3 aromatic rings. The summed E-state index contributed by atoms with van der Waals surface area (Å²) in [5.41, 5.74) is 5.07. The number of aryl methyl sites for hydroxylation is 1. The van der Waals surface area contributed by atoms with E-state index in [4.69, 9.17) is 4.74 Å². The van der Waals surface area contributed by atoms with Crippen LogP contribution < -0.4 is 9.64 Å². The fourth-order valence-electron chi connectivity index (χ4n) is 4.90. The number of benzene rings is 2. The van der Waals surface area contributed by atoms with Gasteiger partial charge in [-0.1, -0.05) is 24.6 Å². The Morgan fingerprint density at radius 2 is 1.90 bits per heavy atom. The minimum atomic E-state index is -0.491. The largest absolute Gasteiger partial charge is 0.497 e. The number of methoxy groups -OCH3 is 1. The predicted molar refractivity (Wildman–Crippen MR) is 116 cm³/mol. The quantitative estimate of drug-likeness (QED) is 0.725. The number of nitrogens with one attached hydrogen (secondary N) is 1. The number of ether oxygens (including phenoxy) is 1. The third kappa shape index (κ3) is 2.70. The lowest BCUT2D eigenvalue weighted by atomic mass is 9.88. The van der Waals surface area contributed by atoms with Gasteiger partial charge in [-0.3, -0.25) is 9.59 Å². The molecule has 3 heterocycles. The number of hydrogen-bond acceptors (Lipinski definition) is 3. The van der Waals surface area contributed by atoms with Crippen LogP contribution in [-0.4, -0.2) is 41.4 Å². The average molecular weight is 403 g/mol. The molecule has 0 spiro atoms. The number of fused-ring (bicyclic) bond motifs is 4. The number of carbonyl (C=O) groups excluding carboxylic acids is 2. The molecule has 2 aromatic carbocycles. The molecule has 5 rings (SSSR count). The average Bonchev–Trinajstić information content (AvgIpc) is 3.13. The van der Waals surface area contributed by atoms with Crippen LogP contribution in [0.5, 0.6) is 5.75 Å². The minimum absolute atomic E-state index is 0.00564. The molecule has 1 fully saturated rings. The van der Waals surface area contributed by atoms with E-state index in [2.05, 4.69) is 11.9 Å². The Morgan fingerprint density at radius 1 is 1.13 bits per heavy atom. The van der Waals surface area contributed by atoms with Crippen molar-refractivity contribution >= 4 is 28.4 Å². The second kappa shape index (κ2) is 6.90. The molecule has 30 heavy (non-hydrogen) atoms. The maximum absolute atomic E-state index is 13.5. The van der Waals surface area contributed by atoms with Gasteiger partial charge in [-0.15, -0.1) is 0 Å². The van der Waals surface area contributed by atoms with Crippen LogP contribution >= 0.6 is 0 Å². The molecule has 2 unspecified atom stereocenters. The third-order valence-corrected chi connectivity index (χ3v) is 6.41. The van der Waals surface area contributed by atoms with E-state index >= 15 is 0 Å². The van der Waals surface area contributed by atoms with Gasteiger partial charge in [-0.05, 0) is 49.2 Å². The van der Waals surface area contributed by atoms with Crippen molar-refractivity contribution in [2.45, 2.75) is 38.8 Å². The van der Waals surface area contributed by atoms with Crippen molar-refractivity contribution in [2.24, 2.45) is 0 Å². The van der Waals surface area contributed by atoms with Crippen LogP contribution in [-0.2, 0) is 16.0 Å². The predicted octanol–water partition coefficient (Wildman–Crippen LogP) is 3.74. The van der Waals surface area contributed by atoms with Crippen LogP contribution in [0.4, 0.5) is 5.69 Å². The highest BCUT2D eigenvalue weighted by atomic mass is 16.5. The van der Waals surface area contributed by atoms with E-state index in [9.17, 15) is 9.59 Å². The maximum atomic E-state index is 13.5. The lowest BCUT2D eigenvalue weighted by Crippen LogP contribution is -2.63. The van der Waals surface area contributed by atoms with E-state index in [1.165, 1.54) is 0 Å². The van der Waals surface area contributed by atoms with Crippen LogP contribution in [0.3, 0.4) is 0 Å². The highest BCUT2D eigenvalue weighted by molar-refractivity contribution is 6.07. The molecule has 2 atom stereocenters. The maximum Gasteiger partial charge on any atom is 0.250 e. The van der Waals surface area contributed by atoms with Crippen molar-refractivity contribution in [3.8, 4) is 5.75 Å². The van der Waals surface area contributed by atoms with Crippen LogP contribution in [0.1, 0.15) is 36.2 Å². The first-order chi connectivity index (χ1) is 14.5. The van der Waals surface area contributed by atoms with Crippen molar-refractivity contribution in [1.29, 1.82) is 0 Å². The van der Waals surface area contributed by atoms with E-state index in [0.29, 0.717) is 6.42 Å². The first-order valence-corrected chi connectivity index (χ1v) is 10.4. The molecule has 154 valence electrons. The summed E-state index contributed by atoms with van der Waals surface area (Å²) in [6.45, 7) is 4.15. The number of H-pyrrole nitrogens is 1. The monoisotopic (exact) mass is 403 g/mol. The molecule has 6 nitrogen and oxygen atoms in total. The minimum Gasteiger partial charge on any atom is -0.497 e. The van der Waals surface area contributed by atoms with Gasteiger partial charge < -0.3 is 19.5 Å². The van der Waals surface area contributed by atoms with Crippen LogP contribution in [0, 0.1) is 6.92 Å². The summed E-state index contributed by atoms with van der Waals surface area (Å²) >= 11 is 0. The molecular weight excluding hydrogens is 378 g/mol. The first-order valence-electron chi connectivity index (χ1n) is 10.4. The van der Waals surface area contributed by atoms with Crippen LogP contribution in [0.25, 0.3) is 10.9 Å². The lowest BCUT2D eigenvalue weighted by Gasteiger charge is -2.46. The van der Waals surface area contributed by atoms with E-state index in [1.54, 1.807) is 12.0 Å². The molecule has 2 amide bonds. The molecule has 0 saturated carbocycles. The normalized spacial score (nSPS) is 21.0. The van der Waals surface area contributed by atoms with E-state index < -0.39 is 6.04 Å². The van der Waals surface area contributed by atoms with Crippen molar-refractivity contribution in [3.63, 3.8) is 0 Å². The summed E-state index contributed by atoms with van der Waals surface area (Å²) < 4.78 is 5.41. The zero-order valence-corrected chi connectivity index (χ0v) is 17.4. The zero-order valence-electron chi connectivity index (χ0n) is 17.4. The highest BCUT2D eigenvalue weighted by Crippen LogP contribution is 2.42. The summed E-state index contributed by atoms with van der Waals surface area (Å²) in [6.07, 6.45) is 1.25. The van der Waals surface area contributed by atoms with E-state index in [0.717, 1.165) is 45.6 Å². The van der Waals surface area contributed by atoms with Gasteiger partial charge in [0.05, 0.1) is 13.2 Å². The summed E-state index contributed by atoms with van der Waals surface area (Å²) in [5.74, 6) is 0.765. The topological polar surface area (TPSA) is 65.6 Å². The molecular formula is C24H25N3O3. The van der Waals surface area contributed by atoms with Gasteiger partial charge in [0.1, 0.15) is 18.3 Å². The smallest absolute Gasteiger partial charge is 0.250 e. The fourth-order valence-corrected chi connectivity index (χ4v) is 4.90. The summed E-state index contributed by atoms with van der Waals surface area (Å²) in [5, 5.41) is 1.06. The van der Waals surface area contributed by atoms with Crippen molar-refractivity contribution < 1.29 is 14.3 Å². The SMILES string of the molecule is CCC1c2[nH]c3ccc(OC)cc3c2CC2C(=O)N(c3ccc(C)cc3)CC(=O)N21. The number of piperazine rings is 1.